The molecular weight excluding hydrogens is 470 g/mol. The van der Waals surface area contributed by atoms with Gasteiger partial charge in [-0.25, -0.2) is 4.98 Å². The smallest absolute Gasteiger partial charge is 0.284 e. The first-order valence-corrected chi connectivity index (χ1v) is 12.3. The number of anilines is 2. The van der Waals surface area contributed by atoms with Crippen molar-refractivity contribution in [3.05, 3.63) is 106 Å². The van der Waals surface area contributed by atoms with E-state index in [0.29, 0.717) is 28.6 Å². The van der Waals surface area contributed by atoms with Crippen molar-refractivity contribution in [3.8, 4) is 39.3 Å². The molecule has 0 fully saturated rings. The lowest BCUT2D eigenvalue weighted by atomic mass is 10.0. The molecule has 0 spiro atoms. The number of ether oxygens (including phenoxy) is 1. The maximum atomic E-state index is 14.1. The summed E-state index contributed by atoms with van der Waals surface area (Å²) in [4.78, 5) is 21.9. The molecule has 0 saturated carbocycles. The fraction of sp³-hybridized carbons (Fsp3) is 0.0357. The van der Waals surface area contributed by atoms with Gasteiger partial charge < -0.3 is 15.0 Å². The zero-order valence-corrected chi connectivity index (χ0v) is 20.1. The van der Waals surface area contributed by atoms with Crippen LogP contribution in [0.5, 0.6) is 5.75 Å². The van der Waals surface area contributed by atoms with Gasteiger partial charge in [0.2, 0.25) is 0 Å². The van der Waals surface area contributed by atoms with Gasteiger partial charge >= 0.3 is 0 Å². The van der Waals surface area contributed by atoms with Gasteiger partial charge in [0.1, 0.15) is 28.7 Å². The molecule has 8 heteroatoms. The first-order valence-electron chi connectivity index (χ1n) is 11.3. The Morgan fingerprint density at radius 3 is 2.17 bits per heavy atom. The van der Waals surface area contributed by atoms with Crippen molar-refractivity contribution < 1.29 is 4.74 Å². The molecule has 0 saturated heterocycles. The average molecular weight is 492 g/mol. The second-order valence-corrected chi connectivity index (χ2v) is 8.84. The number of rotatable bonds is 6. The van der Waals surface area contributed by atoms with E-state index in [1.165, 1.54) is 15.9 Å². The third kappa shape index (κ3) is 3.83. The fourth-order valence-electron chi connectivity index (χ4n) is 4.27. The summed E-state index contributed by atoms with van der Waals surface area (Å²) in [6.07, 6.45) is 0. The average Bonchev–Trinajstić information content (AvgIpc) is 3.58. The molecule has 0 amide bonds. The minimum absolute atomic E-state index is 0.244. The third-order valence-electron chi connectivity index (χ3n) is 5.96. The van der Waals surface area contributed by atoms with Crippen LogP contribution in [0.3, 0.4) is 0 Å². The second-order valence-electron chi connectivity index (χ2n) is 8.12. The summed E-state index contributed by atoms with van der Waals surface area (Å²) in [7, 11) is 1.61. The van der Waals surface area contributed by atoms with Crippen LogP contribution in [0.15, 0.2) is 101 Å². The van der Waals surface area contributed by atoms with E-state index in [0.717, 1.165) is 27.9 Å². The normalized spacial score (nSPS) is 11.0. The highest BCUT2D eigenvalue weighted by Crippen LogP contribution is 2.36. The summed E-state index contributed by atoms with van der Waals surface area (Å²) in [5.41, 5.74) is 6.74. The lowest BCUT2D eigenvalue weighted by Gasteiger charge is -2.12. The largest absolute Gasteiger partial charge is 0.497 e. The molecule has 3 aromatic carbocycles. The first kappa shape index (κ1) is 21.8. The van der Waals surface area contributed by atoms with Crippen molar-refractivity contribution in [1.29, 1.82) is 0 Å². The molecule has 0 unspecified atom stereocenters. The highest BCUT2D eigenvalue weighted by atomic mass is 32.1. The minimum atomic E-state index is -0.244. The Hall–Kier alpha value is -4.69. The van der Waals surface area contributed by atoms with Crippen molar-refractivity contribution in [2.24, 2.45) is 0 Å². The number of fused-ring (bicyclic) bond motifs is 1. The van der Waals surface area contributed by atoms with Crippen molar-refractivity contribution in [3.63, 3.8) is 0 Å². The van der Waals surface area contributed by atoms with Crippen LogP contribution in [0.2, 0.25) is 0 Å². The number of hydrogen-bond donors (Lipinski definition) is 2. The summed E-state index contributed by atoms with van der Waals surface area (Å²) in [5, 5.41) is 10.0. The van der Waals surface area contributed by atoms with E-state index in [1.54, 1.807) is 12.6 Å². The number of hydrogen-bond acceptors (Lipinski definition) is 6. The van der Waals surface area contributed by atoms with E-state index in [2.05, 4.69) is 15.3 Å². The summed E-state index contributed by atoms with van der Waals surface area (Å²) in [5.74, 6) is 1.90. The van der Waals surface area contributed by atoms with Crippen LogP contribution in [0.1, 0.15) is 0 Å². The molecule has 36 heavy (non-hydrogen) atoms. The monoisotopic (exact) mass is 491 g/mol. The maximum Gasteiger partial charge on any atom is 0.284 e. The number of benzene rings is 3. The second kappa shape index (κ2) is 9.16. The molecule has 0 radical (unpaired) electrons. The third-order valence-corrected chi connectivity index (χ3v) is 6.55. The van der Waals surface area contributed by atoms with Crippen molar-refractivity contribution in [2.45, 2.75) is 0 Å². The number of H-pyrrole nitrogens is 1. The highest BCUT2D eigenvalue weighted by Gasteiger charge is 2.23. The van der Waals surface area contributed by atoms with E-state index in [-0.39, 0.29) is 5.56 Å². The van der Waals surface area contributed by atoms with Crippen LogP contribution in [0.4, 0.5) is 11.6 Å². The van der Waals surface area contributed by atoms with Crippen LogP contribution < -0.4 is 15.6 Å². The van der Waals surface area contributed by atoms with Gasteiger partial charge in [0.25, 0.3) is 5.56 Å². The molecule has 6 aromatic rings. The van der Waals surface area contributed by atoms with Crippen LogP contribution in [-0.2, 0) is 0 Å². The molecule has 2 N–H and O–H groups in total. The molecule has 0 aliphatic carbocycles. The maximum absolute atomic E-state index is 14.1. The van der Waals surface area contributed by atoms with Gasteiger partial charge in [0, 0.05) is 10.9 Å². The van der Waals surface area contributed by atoms with Gasteiger partial charge in [0.15, 0.2) is 0 Å². The SMILES string of the molecule is COc1ccc(-c2c(Nc3cscn3)[nH]c3c(-c4ccccc4)c(-c4ccccc4)nn3c2=O)cc1. The fourth-order valence-corrected chi connectivity index (χ4v) is 4.76. The zero-order chi connectivity index (χ0) is 24.5. The van der Waals surface area contributed by atoms with Gasteiger partial charge in [0.05, 0.1) is 23.7 Å². The Balaban J connectivity index is 1.67. The molecular formula is C28H21N5O2S. The number of methoxy groups -OCH3 is 1. The Labute approximate surface area is 210 Å². The van der Waals surface area contributed by atoms with E-state index in [9.17, 15) is 4.79 Å². The lowest BCUT2D eigenvalue weighted by molar-refractivity contribution is 0.415. The number of aromatic nitrogens is 4. The predicted octanol–water partition coefficient (Wildman–Crippen LogP) is 6.23. The molecule has 3 heterocycles. The molecule has 0 atom stereocenters. The van der Waals surface area contributed by atoms with E-state index >= 15 is 0 Å². The molecule has 0 aliphatic rings. The van der Waals surface area contributed by atoms with Crippen LogP contribution in [0, 0.1) is 0 Å². The standard InChI is InChI=1S/C28H21N5O2S/c1-35-21-14-12-19(13-15-21)24-26(30-22-16-36-17-29-22)31-27-23(18-8-4-2-5-9-18)25(32-33(27)28(24)34)20-10-6-3-7-11-20/h2-17,30-31H,1H3. The highest BCUT2D eigenvalue weighted by molar-refractivity contribution is 7.07. The number of nitrogens with zero attached hydrogens (tertiary/aromatic N) is 3. The summed E-state index contributed by atoms with van der Waals surface area (Å²) >= 11 is 1.47. The van der Waals surface area contributed by atoms with Gasteiger partial charge in [-0.2, -0.15) is 9.61 Å². The molecule has 3 aromatic heterocycles. The minimum Gasteiger partial charge on any atom is -0.497 e. The molecule has 6 rings (SSSR count). The van der Waals surface area contributed by atoms with E-state index in [1.807, 2.05) is 90.3 Å². The number of aromatic amines is 1. The van der Waals surface area contributed by atoms with Crippen LogP contribution in [-0.4, -0.2) is 26.7 Å². The number of thiazole rings is 1. The summed E-state index contributed by atoms with van der Waals surface area (Å²) in [6.45, 7) is 0. The van der Waals surface area contributed by atoms with Crippen molar-refractivity contribution in [2.75, 3.05) is 12.4 Å². The van der Waals surface area contributed by atoms with Crippen molar-refractivity contribution >= 4 is 28.6 Å². The van der Waals surface area contributed by atoms with Crippen molar-refractivity contribution in [1.82, 2.24) is 19.6 Å². The van der Waals surface area contributed by atoms with E-state index in [4.69, 9.17) is 9.84 Å². The topological polar surface area (TPSA) is 84.3 Å². The Bertz CT molecular complexity index is 1690. The Morgan fingerprint density at radius 2 is 1.53 bits per heavy atom. The zero-order valence-electron chi connectivity index (χ0n) is 19.3. The predicted molar refractivity (Wildman–Crippen MR) is 144 cm³/mol. The molecule has 7 nitrogen and oxygen atoms in total. The first-order chi connectivity index (χ1) is 17.7. The Morgan fingerprint density at radius 1 is 0.861 bits per heavy atom. The molecule has 0 bridgehead atoms. The Kier molecular flexibility index (Phi) is 5.55. The van der Waals surface area contributed by atoms with Crippen LogP contribution in [0.25, 0.3) is 39.2 Å². The van der Waals surface area contributed by atoms with Crippen LogP contribution >= 0.6 is 11.3 Å². The lowest BCUT2D eigenvalue weighted by Crippen LogP contribution is -2.19. The quantitative estimate of drug-likeness (QED) is 0.288. The van der Waals surface area contributed by atoms with Gasteiger partial charge in [-0.05, 0) is 23.3 Å². The van der Waals surface area contributed by atoms with Gasteiger partial charge in [-0.15, -0.1) is 11.3 Å². The number of nitrogens with one attached hydrogen (secondary N) is 2. The van der Waals surface area contributed by atoms with Gasteiger partial charge in [-0.3, -0.25) is 4.79 Å². The molecule has 0 aliphatic heterocycles. The molecule has 176 valence electrons. The van der Waals surface area contributed by atoms with E-state index < -0.39 is 0 Å². The summed E-state index contributed by atoms with van der Waals surface area (Å²) < 4.78 is 6.77. The van der Waals surface area contributed by atoms with Gasteiger partial charge in [-0.1, -0.05) is 72.8 Å². The summed E-state index contributed by atoms with van der Waals surface area (Å²) in [6, 6.07) is 27.2.